The lowest BCUT2D eigenvalue weighted by Gasteiger charge is -2.13. The fourth-order valence-corrected chi connectivity index (χ4v) is 2.08. The Morgan fingerprint density at radius 2 is 1.59 bits per heavy atom. The Kier molecular flexibility index (Phi) is 7.74. The molecule has 1 aromatic rings. The normalized spacial score (nSPS) is 12.6. The second-order valence-electron chi connectivity index (χ2n) is 4.85. The van der Waals surface area contributed by atoms with Crippen LogP contribution in [0.4, 0.5) is 0 Å². The third-order valence-corrected chi connectivity index (χ3v) is 3.28. The van der Waals surface area contributed by atoms with Crippen molar-refractivity contribution in [3.63, 3.8) is 0 Å². The fourth-order valence-electron chi connectivity index (χ4n) is 2.08. The maximum Gasteiger partial charge on any atom is 0.0291 e. The molecule has 17 heavy (non-hydrogen) atoms. The van der Waals surface area contributed by atoms with Crippen molar-refractivity contribution in [3.8, 4) is 0 Å². The van der Waals surface area contributed by atoms with Gasteiger partial charge in [0.1, 0.15) is 0 Å². The molecule has 1 nitrogen and oxygen atoms in total. The summed E-state index contributed by atoms with van der Waals surface area (Å²) in [6, 6.07) is 11.2. The monoisotopic (exact) mass is 233 g/mol. The third-order valence-electron chi connectivity index (χ3n) is 3.28. The summed E-state index contributed by atoms with van der Waals surface area (Å²) in [5.74, 6) is 0. The molecule has 0 bridgehead atoms. The van der Waals surface area contributed by atoms with Gasteiger partial charge in [0, 0.05) is 6.04 Å². The molecule has 1 N–H and O–H groups in total. The smallest absolute Gasteiger partial charge is 0.0291 e. The zero-order valence-corrected chi connectivity index (χ0v) is 11.4. The maximum absolute atomic E-state index is 3.59. The van der Waals surface area contributed by atoms with Gasteiger partial charge in [0.25, 0.3) is 0 Å². The van der Waals surface area contributed by atoms with Crippen LogP contribution in [0.5, 0.6) is 0 Å². The van der Waals surface area contributed by atoms with Crippen molar-refractivity contribution < 1.29 is 0 Å². The molecule has 1 atom stereocenters. The summed E-state index contributed by atoms with van der Waals surface area (Å²) in [6.45, 7) is 5.65. The number of hydrogen-bond donors (Lipinski definition) is 1. The van der Waals surface area contributed by atoms with Crippen molar-refractivity contribution in [2.45, 2.75) is 58.4 Å². The number of nitrogens with one attached hydrogen (secondary N) is 1. The number of unbranched alkanes of at least 4 members (excludes halogenated alkanes) is 5. The van der Waals surface area contributed by atoms with Crippen LogP contribution in [-0.4, -0.2) is 6.54 Å². The molecule has 0 aliphatic heterocycles. The molecule has 0 aliphatic rings. The first-order valence-corrected chi connectivity index (χ1v) is 7.13. The molecule has 0 radical (unpaired) electrons. The average molecular weight is 233 g/mol. The van der Waals surface area contributed by atoms with Gasteiger partial charge >= 0.3 is 0 Å². The molecule has 0 heterocycles. The van der Waals surface area contributed by atoms with E-state index in [2.05, 4.69) is 49.5 Å². The van der Waals surface area contributed by atoms with Gasteiger partial charge < -0.3 is 5.32 Å². The van der Waals surface area contributed by atoms with Crippen LogP contribution in [0.25, 0.3) is 0 Å². The van der Waals surface area contributed by atoms with Gasteiger partial charge in [-0.1, -0.05) is 69.4 Å². The van der Waals surface area contributed by atoms with E-state index >= 15 is 0 Å². The van der Waals surface area contributed by atoms with Crippen molar-refractivity contribution in [1.29, 1.82) is 0 Å². The zero-order chi connectivity index (χ0) is 12.3. The summed E-state index contributed by atoms with van der Waals surface area (Å²) in [5.41, 5.74) is 1.39. The second kappa shape index (κ2) is 9.23. The van der Waals surface area contributed by atoms with E-state index in [0.29, 0.717) is 6.04 Å². The van der Waals surface area contributed by atoms with E-state index in [1.165, 1.54) is 44.1 Å². The first kappa shape index (κ1) is 14.2. The quantitative estimate of drug-likeness (QED) is 0.610. The first-order chi connectivity index (χ1) is 8.34. The van der Waals surface area contributed by atoms with Crippen LogP contribution in [0, 0.1) is 0 Å². The highest BCUT2D eigenvalue weighted by Gasteiger charge is 2.02. The zero-order valence-electron chi connectivity index (χ0n) is 11.4. The predicted molar refractivity (Wildman–Crippen MR) is 76.2 cm³/mol. The topological polar surface area (TPSA) is 12.0 Å². The molecule has 0 saturated heterocycles. The highest BCUT2D eigenvalue weighted by atomic mass is 14.9. The first-order valence-electron chi connectivity index (χ1n) is 7.13. The van der Waals surface area contributed by atoms with Gasteiger partial charge in [0.15, 0.2) is 0 Å². The molecule has 0 fully saturated rings. The van der Waals surface area contributed by atoms with E-state index in [9.17, 15) is 0 Å². The van der Waals surface area contributed by atoms with Gasteiger partial charge in [0.2, 0.25) is 0 Å². The van der Waals surface area contributed by atoms with Crippen molar-refractivity contribution in [2.24, 2.45) is 0 Å². The lowest BCUT2D eigenvalue weighted by molar-refractivity contribution is 0.527. The van der Waals surface area contributed by atoms with Crippen LogP contribution in [-0.2, 0) is 0 Å². The van der Waals surface area contributed by atoms with Gasteiger partial charge in [-0.2, -0.15) is 0 Å². The number of hydrogen-bond acceptors (Lipinski definition) is 1. The number of benzene rings is 1. The minimum Gasteiger partial charge on any atom is -0.310 e. The van der Waals surface area contributed by atoms with E-state index in [1.807, 2.05) is 0 Å². The molecule has 1 aromatic carbocycles. The van der Waals surface area contributed by atoms with Crippen LogP contribution in [0.1, 0.15) is 64.0 Å². The summed E-state index contributed by atoms with van der Waals surface area (Å²) in [7, 11) is 0. The second-order valence-corrected chi connectivity index (χ2v) is 4.85. The Balaban J connectivity index is 2.03. The van der Waals surface area contributed by atoms with E-state index in [-0.39, 0.29) is 0 Å². The summed E-state index contributed by atoms with van der Waals surface area (Å²) >= 11 is 0. The summed E-state index contributed by atoms with van der Waals surface area (Å²) < 4.78 is 0. The summed E-state index contributed by atoms with van der Waals surface area (Å²) in [5, 5.41) is 3.59. The van der Waals surface area contributed by atoms with Gasteiger partial charge in [-0.3, -0.25) is 0 Å². The van der Waals surface area contributed by atoms with E-state index in [1.54, 1.807) is 0 Å². The van der Waals surface area contributed by atoms with Crippen LogP contribution in [0.3, 0.4) is 0 Å². The van der Waals surface area contributed by atoms with Gasteiger partial charge in [-0.15, -0.1) is 0 Å². The van der Waals surface area contributed by atoms with E-state index in [4.69, 9.17) is 0 Å². The molecule has 0 saturated carbocycles. The van der Waals surface area contributed by atoms with Gasteiger partial charge in [-0.25, -0.2) is 0 Å². The van der Waals surface area contributed by atoms with Crippen LogP contribution >= 0.6 is 0 Å². The minimum absolute atomic E-state index is 0.479. The lowest BCUT2D eigenvalue weighted by atomic mass is 10.1. The van der Waals surface area contributed by atoms with Crippen molar-refractivity contribution in [3.05, 3.63) is 35.9 Å². The third kappa shape index (κ3) is 6.48. The molecule has 1 rings (SSSR count). The molecule has 0 spiro atoms. The molecule has 0 amide bonds. The average Bonchev–Trinajstić information content (AvgIpc) is 2.38. The molecular weight excluding hydrogens is 206 g/mol. The molecule has 96 valence electrons. The Morgan fingerprint density at radius 3 is 2.29 bits per heavy atom. The highest BCUT2D eigenvalue weighted by Crippen LogP contribution is 2.11. The van der Waals surface area contributed by atoms with Crippen molar-refractivity contribution >= 4 is 0 Å². The molecule has 1 heteroatoms. The van der Waals surface area contributed by atoms with Crippen molar-refractivity contribution in [1.82, 2.24) is 5.32 Å². The lowest BCUT2D eigenvalue weighted by Crippen LogP contribution is -2.19. The van der Waals surface area contributed by atoms with E-state index < -0.39 is 0 Å². The Morgan fingerprint density at radius 1 is 0.941 bits per heavy atom. The van der Waals surface area contributed by atoms with Crippen LogP contribution in [0.15, 0.2) is 30.3 Å². The van der Waals surface area contributed by atoms with Gasteiger partial charge in [-0.05, 0) is 25.5 Å². The van der Waals surface area contributed by atoms with Crippen molar-refractivity contribution in [2.75, 3.05) is 6.54 Å². The summed E-state index contributed by atoms with van der Waals surface area (Å²) in [6.07, 6.45) is 8.21. The van der Waals surface area contributed by atoms with Crippen LogP contribution in [0.2, 0.25) is 0 Å². The standard InChI is InChI=1S/C16H27N/c1-3-4-5-6-7-11-14-17-15(2)16-12-9-8-10-13-16/h8-10,12-13,15,17H,3-7,11,14H2,1-2H3/t15-/m1/s1. The predicted octanol–water partition coefficient (Wildman–Crippen LogP) is 4.70. The van der Waals surface area contributed by atoms with E-state index in [0.717, 1.165) is 6.54 Å². The van der Waals surface area contributed by atoms with Gasteiger partial charge in [0.05, 0.1) is 0 Å². The summed E-state index contributed by atoms with van der Waals surface area (Å²) in [4.78, 5) is 0. The molecular formula is C16H27N. The molecule has 0 unspecified atom stereocenters. The Labute approximate surface area is 107 Å². The number of rotatable bonds is 9. The molecule has 0 aromatic heterocycles. The Hall–Kier alpha value is -0.820. The van der Waals surface area contributed by atoms with Crippen LogP contribution < -0.4 is 5.32 Å². The Bertz CT molecular complexity index is 268. The largest absolute Gasteiger partial charge is 0.310 e. The SMILES string of the molecule is CCCCCCCCN[C@H](C)c1ccccc1. The minimum atomic E-state index is 0.479. The highest BCUT2D eigenvalue weighted by molar-refractivity contribution is 5.17. The maximum atomic E-state index is 3.59. The fraction of sp³-hybridized carbons (Fsp3) is 0.625. The molecule has 0 aliphatic carbocycles.